The summed E-state index contributed by atoms with van der Waals surface area (Å²) >= 11 is 0. The predicted molar refractivity (Wildman–Crippen MR) is 83.8 cm³/mol. The highest BCUT2D eigenvalue weighted by Crippen LogP contribution is 2.33. The van der Waals surface area contributed by atoms with Crippen molar-refractivity contribution >= 4 is 22.3 Å². The molecule has 1 aliphatic carbocycles. The molecule has 0 radical (unpaired) electrons. The Kier molecular flexibility index (Phi) is 2.63. The van der Waals surface area contributed by atoms with Crippen LogP contribution in [0.2, 0.25) is 0 Å². The largest absolute Gasteiger partial charge is 0.497 e. The molecule has 0 atom stereocenters. The van der Waals surface area contributed by atoms with Crippen LogP contribution in [-0.4, -0.2) is 18.7 Å². The second-order valence-electron chi connectivity index (χ2n) is 5.28. The molecule has 0 aromatic heterocycles. The van der Waals surface area contributed by atoms with Gasteiger partial charge in [0.25, 0.3) is 0 Å². The van der Waals surface area contributed by atoms with E-state index in [4.69, 9.17) is 4.74 Å². The van der Waals surface area contributed by atoms with Crippen molar-refractivity contribution < 1.29 is 14.3 Å². The van der Waals surface area contributed by atoms with E-state index in [0.29, 0.717) is 28.0 Å². The molecule has 0 saturated heterocycles. The number of benzene rings is 3. The Balaban J connectivity index is 2.05. The normalized spacial score (nSPS) is 13.0. The number of ether oxygens (including phenoxy) is 1. The van der Waals surface area contributed by atoms with Gasteiger partial charge in [0.05, 0.1) is 7.11 Å². The van der Waals surface area contributed by atoms with Gasteiger partial charge in [0.2, 0.25) is 0 Å². The van der Waals surface area contributed by atoms with E-state index >= 15 is 0 Å². The molecule has 0 spiro atoms. The van der Waals surface area contributed by atoms with Crippen molar-refractivity contribution in [3.8, 4) is 5.75 Å². The molecule has 0 fully saturated rings. The fraction of sp³-hybridized carbons (Fsp3) is 0.0526. The zero-order valence-electron chi connectivity index (χ0n) is 11.9. The number of ketones is 2. The molecule has 1 aliphatic rings. The summed E-state index contributed by atoms with van der Waals surface area (Å²) in [5.41, 5.74) is 1.81. The average Bonchev–Trinajstić information content (AvgIpc) is 2.58. The Morgan fingerprint density at radius 2 is 1.55 bits per heavy atom. The van der Waals surface area contributed by atoms with E-state index in [9.17, 15) is 9.59 Å². The monoisotopic (exact) mass is 288 g/mol. The lowest BCUT2D eigenvalue weighted by Gasteiger charge is -2.19. The van der Waals surface area contributed by atoms with Gasteiger partial charge in [0.15, 0.2) is 11.6 Å². The minimum absolute atomic E-state index is 0.107. The van der Waals surface area contributed by atoms with Crippen molar-refractivity contribution in [2.45, 2.75) is 0 Å². The molecule has 0 bridgehead atoms. The molecule has 0 saturated carbocycles. The smallest absolute Gasteiger partial charge is 0.195 e. The van der Waals surface area contributed by atoms with E-state index < -0.39 is 0 Å². The van der Waals surface area contributed by atoms with Crippen molar-refractivity contribution in [2.75, 3.05) is 7.11 Å². The van der Waals surface area contributed by atoms with Crippen LogP contribution in [0.3, 0.4) is 0 Å². The minimum atomic E-state index is -0.130. The Bertz CT molecular complexity index is 954. The highest BCUT2D eigenvalue weighted by atomic mass is 16.5. The van der Waals surface area contributed by atoms with Crippen molar-refractivity contribution in [2.24, 2.45) is 0 Å². The first-order valence-electron chi connectivity index (χ1n) is 7.00. The van der Waals surface area contributed by atoms with Crippen molar-refractivity contribution in [1.82, 2.24) is 0 Å². The van der Waals surface area contributed by atoms with Crippen LogP contribution in [0.15, 0.2) is 54.6 Å². The number of rotatable bonds is 1. The maximum atomic E-state index is 12.9. The molecule has 4 rings (SSSR count). The maximum absolute atomic E-state index is 12.9. The number of methoxy groups -OCH3 is 1. The standard InChI is InChI=1S/C19H12O3/c1-22-12-7-9-14-16(10-12)18(20)15-8-6-11-4-2-3-5-13(11)17(15)19(14)21/h2-10H,1H3. The van der Waals surface area contributed by atoms with Gasteiger partial charge in [0, 0.05) is 22.3 Å². The molecule has 0 amide bonds. The predicted octanol–water partition coefficient (Wildman–Crippen LogP) is 3.62. The summed E-state index contributed by atoms with van der Waals surface area (Å²) in [6.07, 6.45) is 0. The van der Waals surface area contributed by atoms with E-state index in [1.54, 1.807) is 24.3 Å². The molecule has 0 N–H and O–H groups in total. The molecular weight excluding hydrogens is 276 g/mol. The number of hydrogen-bond donors (Lipinski definition) is 0. The van der Waals surface area contributed by atoms with Crippen LogP contribution in [0.1, 0.15) is 31.8 Å². The Morgan fingerprint density at radius 3 is 2.36 bits per heavy atom. The van der Waals surface area contributed by atoms with Crippen LogP contribution in [0.5, 0.6) is 5.75 Å². The summed E-state index contributed by atoms with van der Waals surface area (Å²) in [5, 5.41) is 1.78. The Hall–Kier alpha value is -2.94. The van der Waals surface area contributed by atoms with Crippen LogP contribution < -0.4 is 4.74 Å². The molecule has 0 heterocycles. The number of hydrogen-bond acceptors (Lipinski definition) is 3. The van der Waals surface area contributed by atoms with Crippen molar-refractivity contribution in [3.63, 3.8) is 0 Å². The average molecular weight is 288 g/mol. The third-order valence-corrected chi connectivity index (χ3v) is 4.12. The summed E-state index contributed by atoms with van der Waals surface area (Å²) < 4.78 is 5.16. The van der Waals surface area contributed by atoms with Crippen LogP contribution in [-0.2, 0) is 0 Å². The molecule has 0 unspecified atom stereocenters. The van der Waals surface area contributed by atoms with E-state index in [0.717, 1.165) is 10.8 Å². The van der Waals surface area contributed by atoms with Crippen LogP contribution >= 0.6 is 0 Å². The van der Waals surface area contributed by atoms with Crippen molar-refractivity contribution in [3.05, 3.63) is 76.9 Å². The third kappa shape index (κ3) is 1.62. The minimum Gasteiger partial charge on any atom is -0.497 e. The van der Waals surface area contributed by atoms with Gasteiger partial charge >= 0.3 is 0 Å². The maximum Gasteiger partial charge on any atom is 0.195 e. The zero-order chi connectivity index (χ0) is 15.3. The summed E-state index contributed by atoms with van der Waals surface area (Å²) in [4.78, 5) is 25.6. The third-order valence-electron chi connectivity index (χ3n) is 4.12. The van der Waals surface area contributed by atoms with Gasteiger partial charge in [-0.1, -0.05) is 30.3 Å². The lowest BCUT2D eigenvalue weighted by atomic mass is 9.81. The first-order chi connectivity index (χ1) is 10.7. The number of carbonyl (C=O) groups is 2. The molecular formula is C19H12O3. The van der Waals surface area contributed by atoms with Gasteiger partial charge < -0.3 is 4.74 Å². The molecule has 3 heteroatoms. The summed E-state index contributed by atoms with van der Waals surface area (Å²) in [5.74, 6) is 0.336. The molecule has 0 aliphatic heterocycles. The molecule has 3 aromatic carbocycles. The lowest BCUT2D eigenvalue weighted by molar-refractivity contribution is 0.0980. The fourth-order valence-electron chi connectivity index (χ4n) is 3.02. The van der Waals surface area contributed by atoms with Gasteiger partial charge in [-0.3, -0.25) is 9.59 Å². The van der Waals surface area contributed by atoms with E-state index in [1.807, 2.05) is 30.3 Å². The fourth-order valence-corrected chi connectivity index (χ4v) is 3.02. The Morgan fingerprint density at radius 1 is 0.773 bits per heavy atom. The van der Waals surface area contributed by atoms with Gasteiger partial charge in [-0.15, -0.1) is 0 Å². The van der Waals surface area contributed by atoms with E-state index in [1.165, 1.54) is 7.11 Å². The van der Waals surface area contributed by atoms with Crippen LogP contribution in [0.25, 0.3) is 10.8 Å². The highest BCUT2D eigenvalue weighted by Gasteiger charge is 2.31. The number of fused-ring (bicyclic) bond motifs is 4. The summed E-state index contributed by atoms with van der Waals surface area (Å²) in [6, 6.07) is 16.2. The first kappa shape index (κ1) is 12.8. The van der Waals surface area contributed by atoms with Gasteiger partial charge in [-0.05, 0) is 35.0 Å². The zero-order valence-corrected chi connectivity index (χ0v) is 11.9. The second-order valence-corrected chi connectivity index (χ2v) is 5.28. The van der Waals surface area contributed by atoms with Gasteiger partial charge in [0.1, 0.15) is 5.75 Å². The van der Waals surface area contributed by atoms with E-state index in [2.05, 4.69) is 0 Å². The van der Waals surface area contributed by atoms with Crippen molar-refractivity contribution in [1.29, 1.82) is 0 Å². The summed E-state index contributed by atoms with van der Waals surface area (Å²) in [7, 11) is 1.54. The molecule has 3 aromatic rings. The van der Waals surface area contributed by atoms with Crippen LogP contribution in [0.4, 0.5) is 0 Å². The molecule has 22 heavy (non-hydrogen) atoms. The van der Waals surface area contributed by atoms with E-state index in [-0.39, 0.29) is 11.6 Å². The van der Waals surface area contributed by atoms with Gasteiger partial charge in [-0.2, -0.15) is 0 Å². The highest BCUT2D eigenvalue weighted by molar-refractivity contribution is 6.32. The quantitative estimate of drug-likeness (QED) is 0.537. The topological polar surface area (TPSA) is 43.4 Å². The number of carbonyl (C=O) groups excluding carboxylic acids is 2. The Labute approximate surface area is 127 Å². The molecule has 3 nitrogen and oxygen atoms in total. The summed E-state index contributed by atoms with van der Waals surface area (Å²) in [6.45, 7) is 0. The van der Waals surface area contributed by atoms with Crippen LogP contribution in [0, 0.1) is 0 Å². The first-order valence-corrected chi connectivity index (χ1v) is 7.00. The van der Waals surface area contributed by atoms with Gasteiger partial charge in [-0.25, -0.2) is 0 Å². The lowest BCUT2D eigenvalue weighted by Crippen LogP contribution is -2.21. The SMILES string of the molecule is COc1ccc2c(c1)C(=O)c1ccc3ccccc3c1C2=O. The second kappa shape index (κ2) is 4.53. The molecule has 106 valence electrons.